The molecule has 1 aromatic carbocycles. The van der Waals surface area contributed by atoms with Crippen molar-refractivity contribution in [2.24, 2.45) is 0 Å². The van der Waals surface area contributed by atoms with E-state index >= 15 is 0 Å². The number of fused-ring (bicyclic) bond motifs is 2. The van der Waals surface area contributed by atoms with Crippen LogP contribution in [0.1, 0.15) is 16.7 Å². The van der Waals surface area contributed by atoms with Crippen LogP contribution < -0.4 is 0 Å². The Hall–Kier alpha value is -0.820. The first kappa shape index (κ1) is 6.67. The first-order valence-electron chi connectivity index (χ1n) is 4.57. The maximum atomic E-state index is 5.52. The van der Waals surface area contributed by atoms with E-state index in [2.05, 4.69) is 25.1 Å². The topological polar surface area (TPSA) is 12.5 Å². The summed E-state index contributed by atoms with van der Waals surface area (Å²) in [6.45, 7) is 2.20. The molecule has 62 valence electrons. The molecule has 0 spiro atoms. The smallest absolute Gasteiger partial charge is 0.0885 e. The van der Waals surface area contributed by atoms with Crippen molar-refractivity contribution in [3.05, 3.63) is 34.9 Å². The fourth-order valence-corrected chi connectivity index (χ4v) is 2.20. The van der Waals surface area contributed by atoms with Crippen molar-refractivity contribution in [1.82, 2.24) is 0 Å². The number of aryl methyl sites for hydroxylation is 1. The lowest BCUT2D eigenvalue weighted by molar-refractivity contribution is 0.375. The van der Waals surface area contributed by atoms with E-state index in [1.807, 2.05) is 0 Å². The molecule has 0 bridgehead atoms. The van der Waals surface area contributed by atoms with Crippen molar-refractivity contribution in [3.8, 4) is 0 Å². The second-order valence-electron chi connectivity index (χ2n) is 3.83. The van der Waals surface area contributed by atoms with Crippen molar-refractivity contribution in [3.63, 3.8) is 0 Å². The summed E-state index contributed by atoms with van der Waals surface area (Å²) in [4.78, 5) is 0. The molecule has 1 saturated heterocycles. The molecule has 2 unspecified atom stereocenters. The van der Waals surface area contributed by atoms with Crippen molar-refractivity contribution in [2.75, 3.05) is 0 Å². The number of hydrogen-bond donors (Lipinski definition) is 0. The van der Waals surface area contributed by atoms with Gasteiger partial charge >= 0.3 is 0 Å². The van der Waals surface area contributed by atoms with Gasteiger partial charge in [-0.15, -0.1) is 0 Å². The van der Waals surface area contributed by atoms with E-state index in [9.17, 15) is 0 Å². The van der Waals surface area contributed by atoms with E-state index in [1.165, 1.54) is 16.7 Å². The van der Waals surface area contributed by atoms with E-state index in [4.69, 9.17) is 4.74 Å². The minimum Gasteiger partial charge on any atom is -0.369 e. The van der Waals surface area contributed by atoms with Crippen molar-refractivity contribution < 1.29 is 4.74 Å². The zero-order valence-corrected chi connectivity index (χ0v) is 7.21. The number of benzene rings is 1. The lowest BCUT2D eigenvalue weighted by Crippen LogP contribution is -2.12. The van der Waals surface area contributed by atoms with Crippen LogP contribution in [-0.2, 0) is 17.6 Å². The molecule has 1 fully saturated rings. The SMILES string of the molecule is Cc1cccc2c1CC1OC1C2. The van der Waals surface area contributed by atoms with Gasteiger partial charge in [0.25, 0.3) is 0 Å². The molecular weight excluding hydrogens is 148 g/mol. The van der Waals surface area contributed by atoms with Crippen LogP contribution in [-0.4, -0.2) is 12.2 Å². The van der Waals surface area contributed by atoms with Crippen LogP contribution in [0.25, 0.3) is 0 Å². The molecule has 0 amide bonds. The highest BCUT2D eigenvalue weighted by Gasteiger charge is 2.42. The molecule has 1 nitrogen and oxygen atoms in total. The van der Waals surface area contributed by atoms with E-state index in [0.29, 0.717) is 12.2 Å². The van der Waals surface area contributed by atoms with Crippen LogP contribution in [0.3, 0.4) is 0 Å². The molecule has 1 aliphatic carbocycles. The van der Waals surface area contributed by atoms with Gasteiger partial charge in [-0.3, -0.25) is 0 Å². The molecular formula is C11H12O. The minimum atomic E-state index is 0.554. The van der Waals surface area contributed by atoms with E-state index in [-0.39, 0.29) is 0 Å². The van der Waals surface area contributed by atoms with Gasteiger partial charge in [-0.2, -0.15) is 0 Å². The lowest BCUT2D eigenvalue weighted by atomic mass is 9.89. The van der Waals surface area contributed by atoms with Crippen LogP contribution in [0.15, 0.2) is 18.2 Å². The molecule has 0 N–H and O–H groups in total. The molecule has 1 aromatic rings. The van der Waals surface area contributed by atoms with Crippen LogP contribution >= 0.6 is 0 Å². The first-order chi connectivity index (χ1) is 5.84. The Balaban J connectivity index is 2.11. The Labute approximate surface area is 72.4 Å². The second kappa shape index (κ2) is 2.11. The zero-order valence-electron chi connectivity index (χ0n) is 7.21. The number of ether oxygens (including phenoxy) is 1. The molecule has 0 radical (unpaired) electrons. The van der Waals surface area contributed by atoms with Gasteiger partial charge in [-0.05, 0) is 23.6 Å². The third-order valence-electron chi connectivity index (χ3n) is 3.02. The Morgan fingerprint density at radius 3 is 3.00 bits per heavy atom. The van der Waals surface area contributed by atoms with Gasteiger partial charge in [0.2, 0.25) is 0 Å². The summed E-state index contributed by atoms with van der Waals surface area (Å²) < 4.78 is 5.52. The summed E-state index contributed by atoms with van der Waals surface area (Å²) in [6, 6.07) is 6.58. The second-order valence-corrected chi connectivity index (χ2v) is 3.83. The minimum absolute atomic E-state index is 0.554. The fraction of sp³-hybridized carbons (Fsp3) is 0.455. The number of epoxide rings is 1. The van der Waals surface area contributed by atoms with Crippen molar-refractivity contribution >= 4 is 0 Å². The lowest BCUT2D eigenvalue weighted by Gasteiger charge is -2.14. The third-order valence-corrected chi connectivity index (χ3v) is 3.02. The zero-order chi connectivity index (χ0) is 8.13. The molecule has 2 atom stereocenters. The first-order valence-corrected chi connectivity index (χ1v) is 4.57. The summed E-state index contributed by atoms with van der Waals surface area (Å²) in [5.74, 6) is 0. The monoisotopic (exact) mass is 160 g/mol. The van der Waals surface area contributed by atoms with Gasteiger partial charge in [0.05, 0.1) is 12.2 Å². The summed E-state index contributed by atoms with van der Waals surface area (Å²) in [6.07, 6.45) is 3.40. The molecule has 0 aromatic heterocycles. The highest BCUT2D eigenvalue weighted by atomic mass is 16.6. The molecule has 3 rings (SSSR count). The molecule has 0 saturated carbocycles. The number of rotatable bonds is 0. The van der Waals surface area contributed by atoms with Crippen molar-refractivity contribution in [1.29, 1.82) is 0 Å². The fourth-order valence-electron chi connectivity index (χ4n) is 2.20. The van der Waals surface area contributed by atoms with Crippen LogP contribution in [0.5, 0.6) is 0 Å². The van der Waals surface area contributed by atoms with E-state index in [0.717, 1.165) is 12.8 Å². The largest absolute Gasteiger partial charge is 0.369 e. The maximum absolute atomic E-state index is 5.52. The predicted molar refractivity (Wildman–Crippen MR) is 47.2 cm³/mol. The summed E-state index contributed by atoms with van der Waals surface area (Å²) >= 11 is 0. The average molecular weight is 160 g/mol. The van der Waals surface area contributed by atoms with Gasteiger partial charge in [0.1, 0.15) is 0 Å². The van der Waals surface area contributed by atoms with E-state index in [1.54, 1.807) is 0 Å². The highest BCUT2D eigenvalue weighted by Crippen LogP contribution is 2.36. The summed E-state index contributed by atoms with van der Waals surface area (Å²) in [5, 5.41) is 0. The van der Waals surface area contributed by atoms with Gasteiger partial charge in [-0.25, -0.2) is 0 Å². The normalized spacial score (nSPS) is 30.8. The van der Waals surface area contributed by atoms with Crippen LogP contribution in [0, 0.1) is 6.92 Å². The van der Waals surface area contributed by atoms with Gasteiger partial charge in [0.15, 0.2) is 0 Å². The molecule has 2 aliphatic rings. The van der Waals surface area contributed by atoms with Gasteiger partial charge in [0, 0.05) is 12.8 Å². The Morgan fingerprint density at radius 2 is 2.08 bits per heavy atom. The van der Waals surface area contributed by atoms with Gasteiger partial charge in [-0.1, -0.05) is 18.2 Å². The third kappa shape index (κ3) is 0.831. The maximum Gasteiger partial charge on any atom is 0.0885 e. The molecule has 1 heteroatoms. The molecule has 1 heterocycles. The van der Waals surface area contributed by atoms with Gasteiger partial charge < -0.3 is 4.74 Å². The summed E-state index contributed by atoms with van der Waals surface area (Å²) in [5.41, 5.74) is 4.48. The van der Waals surface area contributed by atoms with Crippen LogP contribution in [0.2, 0.25) is 0 Å². The standard InChI is InChI=1S/C11H12O/c1-7-3-2-4-8-5-10-11(12-10)6-9(7)8/h2-4,10-11H,5-6H2,1H3. The molecule has 1 aliphatic heterocycles. The quantitative estimate of drug-likeness (QED) is 0.528. The van der Waals surface area contributed by atoms with E-state index < -0.39 is 0 Å². The number of hydrogen-bond acceptors (Lipinski definition) is 1. The van der Waals surface area contributed by atoms with Crippen LogP contribution in [0.4, 0.5) is 0 Å². The Morgan fingerprint density at radius 1 is 1.25 bits per heavy atom. The Bertz CT molecular complexity index is 330. The van der Waals surface area contributed by atoms with Crippen molar-refractivity contribution in [2.45, 2.75) is 32.0 Å². The highest BCUT2D eigenvalue weighted by molar-refractivity contribution is 5.39. The average Bonchev–Trinajstić information content (AvgIpc) is 2.79. The Kier molecular flexibility index (Phi) is 1.17. The summed E-state index contributed by atoms with van der Waals surface area (Å²) in [7, 11) is 0. The predicted octanol–water partition coefficient (Wildman–Crippen LogP) is 1.86. The molecule has 12 heavy (non-hydrogen) atoms.